The maximum absolute atomic E-state index is 4.57. The van der Waals surface area contributed by atoms with Crippen molar-refractivity contribution in [2.24, 2.45) is 0 Å². The minimum Gasteiger partial charge on any atom is -0.374 e. The second-order valence-electron chi connectivity index (χ2n) is 8.58. The molecule has 0 saturated heterocycles. The first-order chi connectivity index (χ1) is 17.4. The Hall–Kier alpha value is -3.90. The average molecular weight is 659 g/mol. The van der Waals surface area contributed by atoms with Gasteiger partial charge in [-0.15, -0.1) is 11.3 Å². The van der Waals surface area contributed by atoms with E-state index in [0.717, 1.165) is 21.9 Å². The Labute approximate surface area is 223 Å². The van der Waals surface area contributed by atoms with Crippen LogP contribution < -0.4 is 0 Å². The summed E-state index contributed by atoms with van der Waals surface area (Å²) in [5.41, 5.74) is 7.49. The minimum atomic E-state index is 0. The van der Waals surface area contributed by atoms with Gasteiger partial charge in [-0.05, 0) is 64.4 Å². The number of rotatable bonds is 2. The van der Waals surface area contributed by atoms with Crippen LogP contribution in [0.1, 0.15) is 0 Å². The third kappa shape index (κ3) is 2.94. The standard InChI is InChI=1S/C29H16N5S.Ir/c1-2-6-19(7-3-1)33-23-9-5-4-8-20(23)21-14-18(10-11-24(21)33)27-15-22-28-26(16-30-17-31-28)34-25(12-13-32-34)29(22)35-27;/h1-15,17H;/q-1;. The zero-order valence-corrected chi connectivity index (χ0v) is 21.9. The van der Waals surface area contributed by atoms with Crippen LogP contribution in [0.25, 0.3) is 64.6 Å². The molecule has 0 fully saturated rings. The molecule has 0 amide bonds. The summed E-state index contributed by atoms with van der Waals surface area (Å²) in [5.74, 6) is 0. The number of hydrogen-bond donors (Lipinski definition) is 0. The molecule has 8 rings (SSSR count). The zero-order valence-electron chi connectivity index (χ0n) is 18.7. The molecule has 1 radical (unpaired) electrons. The van der Waals surface area contributed by atoms with E-state index in [1.54, 1.807) is 17.7 Å². The van der Waals surface area contributed by atoms with Crippen LogP contribution in [0.5, 0.6) is 0 Å². The molecule has 36 heavy (non-hydrogen) atoms. The molecule has 0 saturated carbocycles. The topological polar surface area (TPSA) is 48.0 Å². The second-order valence-corrected chi connectivity index (χ2v) is 9.64. The smallest absolute Gasteiger partial charge is 0.0813 e. The number of pyridine rings is 1. The van der Waals surface area contributed by atoms with Gasteiger partial charge in [-0.3, -0.25) is 4.52 Å². The summed E-state index contributed by atoms with van der Waals surface area (Å²) in [6, 6.07) is 30.2. The van der Waals surface area contributed by atoms with Crippen LogP contribution in [-0.2, 0) is 20.1 Å². The molecule has 7 heteroatoms. The largest absolute Gasteiger partial charge is 0.374 e. The Morgan fingerprint density at radius 2 is 1.58 bits per heavy atom. The third-order valence-corrected chi connectivity index (χ3v) is 7.89. The zero-order chi connectivity index (χ0) is 22.9. The summed E-state index contributed by atoms with van der Waals surface area (Å²) in [6.45, 7) is 0. The first-order valence-electron chi connectivity index (χ1n) is 11.4. The predicted octanol–water partition coefficient (Wildman–Crippen LogP) is 7.05. The van der Waals surface area contributed by atoms with E-state index in [1.165, 1.54) is 42.6 Å². The fourth-order valence-corrected chi connectivity index (χ4v) is 6.34. The molecule has 0 aliphatic heterocycles. The van der Waals surface area contributed by atoms with Crippen LogP contribution >= 0.6 is 11.3 Å². The average Bonchev–Trinajstić information content (AvgIpc) is 3.65. The van der Waals surface area contributed by atoms with Crippen LogP contribution in [0.4, 0.5) is 0 Å². The van der Waals surface area contributed by atoms with Gasteiger partial charge in [0.1, 0.15) is 0 Å². The van der Waals surface area contributed by atoms with Crippen LogP contribution in [-0.4, -0.2) is 24.1 Å². The fourth-order valence-electron chi connectivity index (χ4n) is 5.17. The molecule has 3 aromatic carbocycles. The molecule has 173 valence electrons. The van der Waals surface area contributed by atoms with Crippen LogP contribution in [0, 0.1) is 6.20 Å². The molecule has 0 atom stereocenters. The first kappa shape index (κ1) is 21.4. The summed E-state index contributed by atoms with van der Waals surface area (Å²) in [4.78, 5) is 9.88. The van der Waals surface area contributed by atoms with Crippen molar-refractivity contribution in [3.63, 3.8) is 0 Å². The molecule has 5 heterocycles. The summed E-state index contributed by atoms with van der Waals surface area (Å²) in [7, 11) is 0. The van der Waals surface area contributed by atoms with Gasteiger partial charge in [0.25, 0.3) is 0 Å². The van der Waals surface area contributed by atoms with E-state index >= 15 is 0 Å². The number of benzene rings is 3. The van der Waals surface area contributed by atoms with E-state index in [1.807, 2.05) is 16.8 Å². The summed E-state index contributed by atoms with van der Waals surface area (Å²) in [5, 5.41) is 8.10. The van der Waals surface area contributed by atoms with Crippen molar-refractivity contribution in [1.82, 2.24) is 24.1 Å². The van der Waals surface area contributed by atoms with Crippen molar-refractivity contribution in [3.05, 3.63) is 104 Å². The molecule has 5 nitrogen and oxygen atoms in total. The van der Waals surface area contributed by atoms with Crippen molar-refractivity contribution in [2.75, 3.05) is 0 Å². The van der Waals surface area contributed by atoms with Gasteiger partial charge in [0.05, 0.1) is 21.3 Å². The van der Waals surface area contributed by atoms with Crippen molar-refractivity contribution in [2.45, 2.75) is 0 Å². The second kappa shape index (κ2) is 8.07. The van der Waals surface area contributed by atoms with Crippen molar-refractivity contribution >= 4 is 59.8 Å². The molecule has 0 aliphatic rings. The van der Waals surface area contributed by atoms with Crippen LogP contribution in [0.3, 0.4) is 0 Å². The van der Waals surface area contributed by atoms with E-state index in [-0.39, 0.29) is 20.1 Å². The quantitative estimate of drug-likeness (QED) is 0.187. The molecule has 0 aliphatic carbocycles. The van der Waals surface area contributed by atoms with Crippen molar-refractivity contribution < 1.29 is 20.1 Å². The summed E-state index contributed by atoms with van der Waals surface area (Å²) >= 11 is 1.77. The van der Waals surface area contributed by atoms with E-state index < -0.39 is 0 Å². The minimum absolute atomic E-state index is 0. The number of thiophene rings is 1. The molecule has 0 bridgehead atoms. The van der Waals surface area contributed by atoms with E-state index in [4.69, 9.17) is 0 Å². The molecule has 5 aromatic heterocycles. The normalized spacial score (nSPS) is 11.7. The van der Waals surface area contributed by atoms with Gasteiger partial charge < -0.3 is 14.5 Å². The van der Waals surface area contributed by atoms with Gasteiger partial charge >= 0.3 is 0 Å². The Bertz CT molecular complexity index is 2070. The fraction of sp³-hybridized carbons (Fsp3) is 0. The Morgan fingerprint density at radius 1 is 0.750 bits per heavy atom. The maximum atomic E-state index is 4.57. The predicted molar refractivity (Wildman–Crippen MR) is 142 cm³/mol. The van der Waals surface area contributed by atoms with Gasteiger partial charge in [0, 0.05) is 54.0 Å². The molecular weight excluding hydrogens is 643 g/mol. The molecule has 0 unspecified atom stereocenters. The van der Waals surface area contributed by atoms with E-state index in [2.05, 4.69) is 105 Å². The number of aromatic nitrogens is 5. The van der Waals surface area contributed by atoms with Gasteiger partial charge in [0.15, 0.2) is 0 Å². The van der Waals surface area contributed by atoms with Crippen LogP contribution in [0.15, 0.2) is 97.5 Å². The monoisotopic (exact) mass is 659 g/mol. The number of fused-ring (bicyclic) bond motifs is 9. The van der Waals surface area contributed by atoms with Crippen LogP contribution in [0.2, 0.25) is 0 Å². The van der Waals surface area contributed by atoms with Gasteiger partial charge in [-0.25, -0.2) is 0 Å². The molecular formula is C29H16IrN5S-. The maximum Gasteiger partial charge on any atom is 0.0813 e. The van der Waals surface area contributed by atoms with Gasteiger partial charge in [0.2, 0.25) is 0 Å². The first-order valence-corrected chi connectivity index (χ1v) is 12.2. The molecule has 8 aromatic rings. The Morgan fingerprint density at radius 3 is 2.50 bits per heavy atom. The Kier molecular flexibility index (Phi) is 4.79. The van der Waals surface area contributed by atoms with E-state index in [9.17, 15) is 0 Å². The number of nitrogens with zero attached hydrogens (tertiary/aromatic N) is 5. The molecule has 0 N–H and O–H groups in total. The third-order valence-electron chi connectivity index (χ3n) is 6.69. The SMILES string of the molecule is [Ir].[c-]1ncnc2c3cc(-c4ccc5c(c4)c4ccccc4n5-c4ccccc4)sc3c3ccnn3c12. The summed E-state index contributed by atoms with van der Waals surface area (Å²) in [6.07, 6.45) is 6.45. The number of hydrogen-bond acceptors (Lipinski definition) is 4. The number of para-hydroxylation sites is 2. The Balaban J connectivity index is 0.00000220. The van der Waals surface area contributed by atoms with Crippen molar-refractivity contribution in [3.8, 4) is 16.1 Å². The van der Waals surface area contributed by atoms with Gasteiger partial charge in [-0.2, -0.15) is 5.10 Å². The van der Waals surface area contributed by atoms with E-state index in [0.29, 0.717) is 0 Å². The van der Waals surface area contributed by atoms with Crippen molar-refractivity contribution in [1.29, 1.82) is 0 Å². The molecule has 0 spiro atoms. The summed E-state index contributed by atoms with van der Waals surface area (Å²) < 4.78 is 5.40. The van der Waals surface area contributed by atoms with Gasteiger partial charge in [-0.1, -0.05) is 48.7 Å².